The van der Waals surface area contributed by atoms with Crippen molar-refractivity contribution >= 4 is 6.21 Å². The van der Waals surface area contributed by atoms with E-state index >= 15 is 0 Å². The van der Waals surface area contributed by atoms with Gasteiger partial charge in [-0.25, -0.2) is 4.39 Å². The zero-order chi connectivity index (χ0) is 12.7. The first kappa shape index (κ1) is 14.3. The first-order chi connectivity index (χ1) is 8.18. The van der Waals surface area contributed by atoms with E-state index in [1.54, 1.807) is 20.4 Å². The van der Waals surface area contributed by atoms with Crippen LogP contribution < -0.4 is 0 Å². The monoisotopic (exact) mass is 243 g/mol. The van der Waals surface area contributed by atoms with Gasteiger partial charge < -0.3 is 9.47 Å². The second-order valence-corrected chi connectivity index (χ2v) is 4.26. The molecule has 98 valence electrons. The zero-order valence-electron chi connectivity index (χ0n) is 10.9. The third-order valence-corrected chi connectivity index (χ3v) is 3.05. The summed E-state index contributed by atoms with van der Waals surface area (Å²) in [5.41, 5.74) is -0.517. The Bertz CT molecular complexity index is 283. The lowest BCUT2D eigenvalue weighted by Crippen LogP contribution is -2.45. The molecule has 0 radical (unpaired) electrons. The fourth-order valence-corrected chi connectivity index (χ4v) is 2.23. The van der Waals surface area contributed by atoms with E-state index in [9.17, 15) is 4.39 Å². The molecule has 0 N–H and O–H groups in total. The Morgan fingerprint density at radius 2 is 2.18 bits per heavy atom. The standard InChI is InChI=1S/C13H22FNO2/c1-4-5-11(10-15-2)12(16-3)13(14)6-8-17-9-7-13/h5,10,12H,4,6-9H2,1-3H3/b11-5+,15-10?. The third kappa shape index (κ3) is 3.61. The molecule has 1 saturated heterocycles. The Morgan fingerprint density at radius 1 is 1.53 bits per heavy atom. The van der Waals surface area contributed by atoms with Crippen LogP contribution in [0, 0.1) is 0 Å². The molecule has 1 aliphatic heterocycles. The predicted octanol–water partition coefficient (Wildman–Crippen LogP) is 2.56. The first-order valence-corrected chi connectivity index (χ1v) is 6.09. The van der Waals surface area contributed by atoms with Crippen LogP contribution >= 0.6 is 0 Å². The van der Waals surface area contributed by atoms with Crippen LogP contribution in [-0.2, 0) is 9.47 Å². The molecule has 0 aliphatic carbocycles. The molecule has 1 fully saturated rings. The Balaban J connectivity index is 2.90. The second kappa shape index (κ2) is 6.87. The lowest BCUT2D eigenvalue weighted by atomic mass is 9.85. The van der Waals surface area contributed by atoms with Gasteiger partial charge in [0.2, 0.25) is 0 Å². The summed E-state index contributed by atoms with van der Waals surface area (Å²) in [4.78, 5) is 3.98. The molecule has 4 heteroatoms. The van der Waals surface area contributed by atoms with Crippen LogP contribution in [0.5, 0.6) is 0 Å². The SMILES string of the molecule is CC/C=C(\C=NC)C(OC)C1(F)CCOCC1. The van der Waals surface area contributed by atoms with E-state index < -0.39 is 11.8 Å². The molecule has 3 nitrogen and oxygen atoms in total. The number of hydrogen-bond acceptors (Lipinski definition) is 3. The predicted molar refractivity (Wildman–Crippen MR) is 67.5 cm³/mol. The number of methoxy groups -OCH3 is 1. The van der Waals surface area contributed by atoms with Crippen LogP contribution in [0.3, 0.4) is 0 Å². The number of rotatable bonds is 5. The van der Waals surface area contributed by atoms with Crippen molar-refractivity contribution in [3.05, 3.63) is 11.6 Å². The highest BCUT2D eigenvalue weighted by atomic mass is 19.1. The number of nitrogens with zero attached hydrogens (tertiary/aromatic N) is 1. The van der Waals surface area contributed by atoms with Crippen LogP contribution in [0.2, 0.25) is 0 Å². The summed E-state index contributed by atoms with van der Waals surface area (Å²) in [5, 5.41) is 0. The Hall–Kier alpha value is -0.740. The van der Waals surface area contributed by atoms with E-state index in [2.05, 4.69) is 4.99 Å². The van der Waals surface area contributed by atoms with Crippen molar-refractivity contribution in [1.82, 2.24) is 0 Å². The lowest BCUT2D eigenvalue weighted by Gasteiger charge is -2.36. The normalized spacial score (nSPS) is 22.9. The number of hydrogen-bond donors (Lipinski definition) is 0. The molecule has 1 aliphatic rings. The molecular weight excluding hydrogens is 221 g/mol. The van der Waals surface area contributed by atoms with Gasteiger partial charge in [-0.3, -0.25) is 4.99 Å². The van der Waals surface area contributed by atoms with Gasteiger partial charge in [0, 0.05) is 46.4 Å². The maximum atomic E-state index is 14.8. The highest BCUT2D eigenvalue weighted by molar-refractivity contribution is 5.80. The zero-order valence-corrected chi connectivity index (χ0v) is 10.9. The van der Waals surface area contributed by atoms with Crippen LogP contribution in [0.15, 0.2) is 16.6 Å². The maximum absolute atomic E-state index is 14.8. The molecule has 1 rings (SSSR count). The minimum absolute atomic E-state index is 0.379. The highest BCUT2D eigenvalue weighted by Gasteiger charge is 2.42. The van der Waals surface area contributed by atoms with Crippen LogP contribution in [0.25, 0.3) is 0 Å². The molecule has 1 unspecified atom stereocenters. The molecular formula is C13H22FNO2. The van der Waals surface area contributed by atoms with E-state index in [0.29, 0.717) is 26.1 Å². The quantitative estimate of drug-likeness (QED) is 0.695. The van der Waals surface area contributed by atoms with Gasteiger partial charge >= 0.3 is 0 Å². The topological polar surface area (TPSA) is 30.8 Å². The van der Waals surface area contributed by atoms with Gasteiger partial charge in [-0.1, -0.05) is 13.0 Å². The molecule has 1 atom stereocenters. The average Bonchev–Trinajstić information content (AvgIpc) is 2.31. The third-order valence-electron chi connectivity index (χ3n) is 3.05. The number of halogens is 1. The minimum Gasteiger partial charge on any atom is -0.381 e. The smallest absolute Gasteiger partial charge is 0.145 e. The van der Waals surface area contributed by atoms with Crippen molar-refractivity contribution in [3.8, 4) is 0 Å². The van der Waals surface area contributed by atoms with Crippen molar-refractivity contribution in [1.29, 1.82) is 0 Å². The van der Waals surface area contributed by atoms with Gasteiger partial charge in [-0.05, 0) is 12.0 Å². The first-order valence-electron chi connectivity index (χ1n) is 6.09. The highest BCUT2D eigenvalue weighted by Crippen LogP contribution is 2.33. The van der Waals surface area contributed by atoms with Gasteiger partial charge in [0.05, 0.1) is 0 Å². The average molecular weight is 243 g/mol. The second-order valence-electron chi connectivity index (χ2n) is 4.26. The number of alkyl halides is 1. The molecule has 0 saturated carbocycles. The lowest BCUT2D eigenvalue weighted by molar-refractivity contribution is -0.0795. The molecule has 1 heterocycles. The van der Waals surface area contributed by atoms with Crippen molar-refractivity contribution in [2.75, 3.05) is 27.4 Å². The van der Waals surface area contributed by atoms with E-state index in [1.165, 1.54) is 0 Å². The fraction of sp³-hybridized carbons (Fsp3) is 0.769. The van der Waals surface area contributed by atoms with E-state index in [0.717, 1.165) is 12.0 Å². The van der Waals surface area contributed by atoms with Gasteiger partial charge in [-0.15, -0.1) is 0 Å². The number of aliphatic imine (C=N–C) groups is 1. The summed E-state index contributed by atoms with van der Waals surface area (Å²) in [6.45, 7) is 2.93. The molecule has 0 amide bonds. The minimum atomic E-state index is -1.34. The summed E-state index contributed by atoms with van der Waals surface area (Å²) in [6, 6.07) is 0. The maximum Gasteiger partial charge on any atom is 0.145 e. The van der Waals surface area contributed by atoms with Gasteiger partial charge in [0.1, 0.15) is 11.8 Å². The molecule has 0 bridgehead atoms. The summed E-state index contributed by atoms with van der Waals surface area (Å²) in [6.07, 6.45) is 4.71. The van der Waals surface area contributed by atoms with Gasteiger partial charge in [0.15, 0.2) is 0 Å². The Labute approximate surface area is 103 Å². The number of ether oxygens (including phenoxy) is 2. The van der Waals surface area contributed by atoms with E-state index in [4.69, 9.17) is 9.47 Å². The molecule has 17 heavy (non-hydrogen) atoms. The summed E-state index contributed by atoms with van der Waals surface area (Å²) in [5.74, 6) is 0. The van der Waals surface area contributed by atoms with Crippen molar-refractivity contribution in [2.24, 2.45) is 4.99 Å². The summed E-state index contributed by atoms with van der Waals surface area (Å²) < 4.78 is 25.4. The van der Waals surface area contributed by atoms with E-state index in [1.807, 2.05) is 13.0 Å². The summed E-state index contributed by atoms with van der Waals surface area (Å²) in [7, 11) is 3.24. The Morgan fingerprint density at radius 3 is 2.65 bits per heavy atom. The Kier molecular flexibility index (Phi) is 5.78. The number of allylic oxidation sites excluding steroid dienone is 1. The van der Waals surface area contributed by atoms with Crippen LogP contribution in [-0.4, -0.2) is 45.4 Å². The molecule has 0 spiro atoms. The van der Waals surface area contributed by atoms with Crippen molar-refractivity contribution in [3.63, 3.8) is 0 Å². The van der Waals surface area contributed by atoms with Gasteiger partial charge in [0.25, 0.3) is 0 Å². The van der Waals surface area contributed by atoms with Crippen molar-refractivity contribution in [2.45, 2.75) is 38.0 Å². The molecule has 0 aromatic rings. The van der Waals surface area contributed by atoms with Crippen molar-refractivity contribution < 1.29 is 13.9 Å². The van der Waals surface area contributed by atoms with Gasteiger partial charge in [-0.2, -0.15) is 0 Å². The summed E-state index contributed by atoms with van der Waals surface area (Å²) >= 11 is 0. The molecule has 0 aromatic carbocycles. The van der Waals surface area contributed by atoms with E-state index in [-0.39, 0.29) is 0 Å². The largest absolute Gasteiger partial charge is 0.381 e. The van der Waals surface area contributed by atoms with Crippen LogP contribution in [0.4, 0.5) is 4.39 Å². The van der Waals surface area contributed by atoms with Crippen LogP contribution in [0.1, 0.15) is 26.2 Å². The fourth-order valence-electron chi connectivity index (χ4n) is 2.23. The molecule has 0 aromatic heterocycles.